The summed E-state index contributed by atoms with van der Waals surface area (Å²) in [6, 6.07) is 30.5. The number of hydrogen-bond acceptors (Lipinski definition) is 5. The van der Waals surface area contributed by atoms with E-state index in [0.29, 0.717) is 17.4 Å². The molecule has 1 atom stereocenters. The molecule has 4 aromatic rings. The summed E-state index contributed by atoms with van der Waals surface area (Å²) in [7, 11) is -4.24. The summed E-state index contributed by atoms with van der Waals surface area (Å²) >= 11 is 6.18. The average Bonchev–Trinajstić information content (AvgIpc) is 3.60. The number of rotatable bonds is 14. The van der Waals surface area contributed by atoms with Crippen LogP contribution < -0.4 is 14.4 Å². The van der Waals surface area contributed by atoms with Crippen LogP contribution in [-0.2, 0) is 32.6 Å². The van der Waals surface area contributed by atoms with Gasteiger partial charge in [0.2, 0.25) is 11.8 Å². The molecule has 246 valence electrons. The SMILES string of the molecule is CCOc1ccccc1N(CC(=O)N(Cc1ccc(Cl)cc1)C(Cc1ccccc1)C(=O)NC1CCCC1)S(=O)(=O)c1ccccc1. The van der Waals surface area contributed by atoms with E-state index in [9.17, 15) is 18.0 Å². The summed E-state index contributed by atoms with van der Waals surface area (Å²) in [6.45, 7) is 1.62. The van der Waals surface area contributed by atoms with E-state index in [4.69, 9.17) is 16.3 Å². The highest BCUT2D eigenvalue weighted by Crippen LogP contribution is 2.33. The fourth-order valence-corrected chi connectivity index (χ4v) is 7.45. The van der Waals surface area contributed by atoms with Crippen molar-refractivity contribution >= 4 is 39.1 Å². The smallest absolute Gasteiger partial charge is 0.264 e. The Bertz CT molecular complexity index is 1730. The third-order valence-electron chi connectivity index (χ3n) is 8.28. The first-order chi connectivity index (χ1) is 22.8. The molecule has 0 aromatic heterocycles. The molecule has 0 heterocycles. The van der Waals surface area contributed by atoms with Gasteiger partial charge in [0, 0.05) is 24.0 Å². The molecule has 1 aliphatic carbocycles. The molecule has 47 heavy (non-hydrogen) atoms. The van der Waals surface area contributed by atoms with Crippen molar-refractivity contribution in [1.82, 2.24) is 10.2 Å². The zero-order chi connectivity index (χ0) is 33.2. The maximum atomic E-state index is 14.7. The van der Waals surface area contributed by atoms with Crippen LogP contribution in [0.2, 0.25) is 5.02 Å². The minimum absolute atomic E-state index is 0.0290. The van der Waals surface area contributed by atoms with Crippen LogP contribution >= 0.6 is 11.6 Å². The van der Waals surface area contributed by atoms with Gasteiger partial charge in [0.25, 0.3) is 10.0 Å². The number of nitrogens with zero attached hydrogens (tertiary/aromatic N) is 2. The van der Waals surface area contributed by atoms with E-state index >= 15 is 0 Å². The first-order valence-corrected chi connectivity index (χ1v) is 17.8. The maximum Gasteiger partial charge on any atom is 0.264 e. The van der Waals surface area contributed by atoms with Crippen LogP contribution in [0, 0.1) is 0 Å². The van der Waals surface area contributed by atoms with Crippen molar-refractivity contribution in [3.05, 3.63) is 125 Å². The molecular weight excluding hydrogens is 634 g/mol. The molecular formula is C37H40ClN3O5S. The molecule has 0 spiro atoms. The first kappa shape index (κ1) is 34.0. The van der Waals surface area contributed by atoms with Gasteiger partial charge in [-0.1, -0.05) is 97.2 Å². The van der Waals surface area contributed by atoms with Crippen molar-refractivity contribution in [2.24, 2.45) is 0 Å². The van der Waals surface area contributed by atoms with Gasteiger partial charge in [0.15, 0.2) is 0 Å². The zero-order valence-corrected chi connectivity index (χ0v) is 28.0. The normalized spacial score (nSPS) is 13.9. The molecule has 1 unspecified atom stereocenters. The fourth-order valence-electron chi connectivity index (χ4n) is 5.88. The Hall–Kier alpha value is -4.34. The lowest BCUT2D eigenvalue weighted by Crippen LogP contribution is -2.54. The second-order valence-corrected chi connectivity index (χ2v) is 13.9. The highest BCUT2D eigenvalue weighted by atomic mass is 35.5. The summed E-state index contributed by atoms with van der Waals surface area (Å²) in [5, 5.41) is 3.73. The van der Waals surface area contributed by atoms with E-state index in [1.807, 2.05) is 37.3 Å². The van der Waals surface area contributed by atoms with Gasteiger partial charge in [-0.05, 0) is 67.3 Å². The lowest BCUT2D eigenvalue weighted by atomic mass is 10.0. The monoisotopic (exact) mass is 673 g/mol. The quantitative estimate of drug-likeness (QED) is 0.162. The number of benzene rings is 4. The summed E-state index contributed by atoms with van der Waals surface area (Å²) in [5.41, 5.74) is 1.86. The molecule has 1 saturated carbocycles. The third-order valence-corrected chi connectivity index (χ3v) is 10.3. The van der Waals surface area contributed by atoms with Crippen LogP contribution in [0.3, 0.4) is 0 Å². The molecule has 0 bridgehead atoms. The number of hydrogen-bond donors (Lipinski definition) is 1. The van der Waals surface area contributed by atoms with Crippen molar-refractivity contribution < 1.29 is 22.7 Å². The zero-order valence-electron chi connectivity index (χ0n) is 26.4. The second-order valence-electron chi connectivity index (χ2n) is 11.6. The highest BCUT2D eigenvalue weighted by molar-refractivity contribution is 7.92. The lowest BCUT2D eigenvalue weighted by Gasteiger charge is -2.34. The molecule has 4 aromatic carbocycles. The molecule has 0 aliphatic heterocycles. The Morgan fingerprint density at radius 3 is 2.13 bits per heavy atom. The summed E-state index contributed by atoms with van der Waals surface area (Å²) in [6.07, 6.45) is 4.08. The number of para-hydroxylation sites is 2. The van der Waals surface area contributed by atoms with Gasteiger partial charge in [0.05, 0.1) is 17.2 Å². The van der Waals surface area contributed by atoms with E-state index in [2.05, 4.69) is 5.32 Å². The van der Waals surface area contributed by atoms with E-state index in [0.717, 1.165) is 41.1 Å². The maximum absolute atomic E-state index is 14.7. The van der Waals surface area contributed by atoms with Crippen molar-refractivity contribution in [1.29, 1.82) is 0 Å². The molecule has 1 aliphatic rings. The van der Waals surface area contributed by atoms with Gasteiger partial charge in [-0.2, -0.15) is 0 Å². The molecule has 1 N–H and O–H groups in total. The fraction of sp³-hybridized carbons (Fsp3) is 0.297. The average molecular weight is 674 g/mol. The number of anilines is 1. The van der Waals surface area contributed by atoms with Gasteiger partial charge in [-0.25, -0.2) is 8.42 Å². The molecule has 0 radical (unpaired) electrons. The Morgan fingerprint density at radius 2 is 1.47 bits per heavy atom. The lowest BCUT2D eigenvalue weighted by molar-refractivity contribution is -0.140. The van der Waals surface area contributed by atoms with Gasteiger partial charge >= 0.3 is 0 Å². The van der Waals surface area contributed by atoms with Crippen molar-refractivity contribution in [2.45, 2.75) is 62.6 Å². The Balaban J connectivity index is 1.58. The van der Waals surface area contributed by atoms with Crippen LogP contribution in [0.25, 0.3) is 0 Å². The van der Waals surface area contributed by atoms with E-state index < -0.39 is 28.5 Å². The molecule has 1 fully saturated rings. The minimum atomic E-state index is -4.24. The molecule has 5 rings (SSSR count). The van der Waals surface area contributed by atoms with Crippen LogP contribution in [0.1, 0.15) is 43.7 Å². The van der Waals surface area contributed by atoms with Crippen LogP contribution in [0.15, 0.2) is 114 Å². The number of halogens is 1. The summed E-state index contributed by atoms with van der Waals surface area (Å²) < 4.78 is 35.5. The first-order valence-electron chi connectivity index (χ1n) is 15.9. The van der Waals surface area contributed by atoms with Gasteiger partial charge < -0.3 is 15.0 Å². The highest BCUT2D eigenvalue weighted by Gasteiger charge is 2.36. The summed E-state index contributed by atoms with van der Waals surface area (Å²) in [4.78, 5) is 30.3. The molecule has 8 nitrogen and oxygen atoms in total. The van der Waals surface area contributed by atoms with Crippen molar-refractivity contribution in [3.63, 3.8) is 0 Å². The predicted octanol–water partition coefficient (Wildman–Crippen LogP) is 6.63. The van der Waals surface area contributed by atoms with Crippen molar-refractivity contribution in [2.75, 3.05) is 17.5 Å². The van der Waals surface area contributed by atoms with Gasteiger partial charge in [-0.15, -0.1) is 0 Å². The van der Waals surface area contributed by atoms with Crippen molar-refractivity contribution in [3.8, 4) is 5.75 Å². The Kier molecular flexibility index (Phi) is 11.6. The Labute approximate surface area is 282 Å². The van der Waals surface area contributed by atoms with Crippen LogP contribution in [0.4, 0.5) is 5.69 Å². The number of carbonyl (C=O) groups excluding carboxylic acids is 2. The van der Waals surface area contributed by atoms with Crippen LogP contribution in [0.5, 0.6) is 5.75 Å². The van der Waals surface area contributed by atoms with E-state index in [1.54, 1.807) is 66.7 Å². The van der Waals surface area contributed by atoms with E-state index in [1.165, 1.54) is 17.0 Å². The number of sulfonamides is 1. The Morgan fingerprint density at radius 1 is 0.851 bits per heavy atom. The minimum Gasteiger partial charge on any atom is -0.492 e. The number of amides is 2. The van der Waals surface area contributed by atoms with Gasteiger partial charge in [-0.3, -0.25) is 13.9 Å². The number of ether oxygens (including phenoxy) is 1. The molecule has 10 heteroatoms. The third kappa shape index (κ3) is 8.73. The number of nitrogens with one attached hydrogen (secondary N) is 1. The van der Waals surface area contributed by atoms with E-state index in [-0.39, 0.29) is 35.5 Å². The second kappa shape index (κ2) is 16.0. The molecule has 0 saturated heterocycles. The predicted molar refractivity (Wildman–Crippen MR) is 185 cm³/mol. The van der Waals surface area contributed by atoms with Crippen LogP contribution in [-0.4, -0.2) is 50.4 Å². The number of carbonyl (C=O) groups is 2. The summed E-state index contributed by atoms with van der Waals surface area (Å²) in [5.74, 6) is -0.477. The largest absolute Gasteiger partial charge is 0.492 e. The standard InChI is InChI=1S/C37H40ClN3O5S/c1-2-46-35-20-12-11-19-33(35)41(47(44,45)32-17-7-4-8-18-32)27-36(42)40(26-29-21-23-30(38)24-22-29)34(25-28-13-5-3-6-14-28)37(43)39-31-15-9-10-16-31/h3-8,11-14,17-24,31,34H,2,9-10,15-16,25-27H2,1H3,(H,39,43). The van der Waals surface area contributed by atoms with Gasteiger partial charge in [0.1, 0.15) is 18.3 Å². The molecule has 2 amide bonds. The topological polar surface area (TPSA) is 96.0 Å².